The van der Waals surface area contributed by atoms with Crippen molar-refractivity contribution in [1.29, 1.82) is 0 Å². The molecule has 0 radical (unpaired) electrons. The highest BCUT2D eigenvalue weighted by Gasteiger charge is 2.38. The molecule has 1 aromatic carbocycles. The molecule has 0 spiro atoms. The number of nitrogens with zero attached hydrogens (tertiary/aromatic N) is 1. The first-order chi connectivity index (χ1) is 13.7. The van der Waals surface area contributed by atoms with Crippen molar-refractivity contribution in [2.24, 2.45) is 5.92 Å². The Morgan fingerprint density at radius 1 is 1.17 bits per heavy atom. The SMILES string of the molecule is O=C(COC(=O)[C@H]1CC(=O)N(c2cccc(C(F)(F)F)c2)C1)NC1CCCCC1. The van der Waals surface area contributed by atoms with Crippen molar-refractivity contribution in [2.45, 2.75) is 50.7 Å². The minimum absolute atomic E-state index is 0.0789. The Hall–Kier alpha value is -2.58. The molecule has 0 aromatic heterocycles. The standard InChI is InChI=1S/C20H23F3N2O4/c21-20(22,23)14-5-4-8-16(10-14)25-11-13(9-18(25)27)19(28)29-12-17(26)24-15-6-2-1-3-7-15/h4-5,8,10,13,15H,1-3,6-7,9,11-12H2,(H,24,26)/t13-/m0/s1. The second-order valence-electron chi connectivity index (χ2n) is 7.46. The van der Waals surface area contributed by atoms with Gasteiger partial charge in [-0.15, -0.1) is 0 Å². The zero-order chi connectivity index (χ0) is 21.0. The molecule has 1 saturated heterocycles. The van der Waals surface area contributed by atoms with E-state index in [9.17, 15) is 27.6 Å². The van der Waals surface area contributed by atoms with Crippen molar-refractivity contribution in [1.82, 2.24) is 5.32 Å². The van der Waals surface area contributed by atoms with E-state index in [1.807, 2.05) is 0 Å². The number of rotatable bonds is 5. The van der Waals surface area contributed by atoms with Gasteiger partial charge in [0.15, 0.2) is 6.61 Å². The third-order valence-corrected chi connectivity index (χ3v) is 5.26. The van der Waals surface area contributed by atoms with Crippen LogP contribution in [-0.4, -0.2) is 37.0 Å². The van der Waals surface area contributed by atoms with Gasteiger partial charge in [0.2, 0.25) is 5.91 Å². The summed E-state index contributed by atoms with van der Waals surface area (Å²) in [5, 5.41) is 2.83. The minimum Gasteiger partial charge on any atom is -0.455 e. The summed E-state index contributed by atoms with van der Waals surface area (Å²) in [6, 6.07) is 4.49. The number of alkyl halides is 3. The van der Waals surface area contributed by atoms with Crippen LogP contribution < -0.4 is 10.2 Å². The number of carbonyl (C=O) groups is 3. The number of esters is 1. The van der Waals surface area contributed by atoms with Gasteiger partial charge in [0, 0.05) is 24.7 Å². The predicted octanol–water partition coefficient (Wildman–Crippen LogP) is 3.05. The fourth-order valence-electron chi connectivity index (χ4n) is 3.74. The van der Waals surface area contributed by atoms with Crippen LogP contribution in [0.25, 0.3) is 0 Å². The molecule has 6 nitrogen and oxygen atoms in total. The molecule has 2 fully saturated rings. The van der Waals surface area contributed by atoms with E-state index >= 15 is 0 Å². The lowest BCUT2D eigenvalue weighted by Gasteiger charge is -2.22. The van der Waals surface area contributed by atoms with Gasteiger partial charge in [-0.3, -0.25) is 14.4 Å². The Kier molecular flexibility index (Phi) is 6.44. The zero-order valence-corrected chi connectivity index (χ0v) is 15.8. The molecule has 1 atom stereocenters. The second kappa shape index (κ2) is 8.84. The third kappa shape index (κ3) is 5.48. The topological polar surface area (TPSA) is 75.7 Å². The molecule has 0 unspecified atom stereocenters. The van der Waals surface area contributed by atoms with Crippen molar-refractivity contribution < 1.29 is 32.3 Å². The highest BCUT2D eigenvalue weighted by molar-refractivity contribution is 5.99. The highest BCUT2D eigenvalue weighted by atomic mass is 19.4. The molecule has 0 bridgehead atoms. The molecular weight excluding hydrogens is 389 g/mol. The number of amides is 2. The van der Waals surface area contributed by atoms with E-state index in [1.54, 1.807) is 0 Å². The summed E-state index contributed by atoms with van der Waals surface area (Å²) in [7, 11) is 0. The van der Waals surface area contributed by atoms with Gasteiger partial charge in [-0.2, -0.15) is 13.2 Å². The molecule has 1 saturated carbocycles. The van der Waals surface area contributed by atoms with Crippen LogP contribution in [-0.2, 0) is 25.3 Å². The quantitative estimate of drug-likeness (QED) is 0.755. The van der Waals surface area contributed by atoms with E-state index in [1.165, 1.54) is 12.1 Å². The molecule has 2 amide bonds. The Bertz CT molecular complexity index is 775. The molecule has 1 heterocycles. The van der Waals surface area contributed by atoms with Crippen molar-refractivity contribution in [3.8, 4) is 0 Å². The first-order valence-corrected chi connectivity index (χ1v) is 9.67. The lowest BCUT2D eigenvalue weighted by atomic mass is 9.95. The maximum absolute atomic E-state index is 12.9. The lowest BCUT2D eigenvalue weighted by Crippen LogP contribution is -2.39. The van der Waals surface area contributed by atoms with Gasteiger partial charge in [-0.1, -0.05) is 25.3 Å². The first kappa shape index (κ1) is 21.1. The van der Waals surface area contributed by atoms with Gasteiger partial charge < -0.3 is 15.0 Å². The van der Waals surface area contributed by atoms with E-state index in [2.05, 4.69) is 5.32 Å². The summed E-state index contributed by atoms with van der Waals surface area (Å²) >= 11 is 0. The second-order valence-corrected chi connectivity index (χ2v) is 7.46. The van der Waals surface area contributed by atoms with Gasteiger partial charge in [0.05, 0.1) is 11.5 Å². The summed E-state index contributed by atoms with van der Waals surface area (Å²) in [6.45, 7) is -0.507. The minimum atomic E-state index is -4.52. The van der Waals surface area contributed by atoms with Gasteiger partial charge in [0.1, 0.15) is 0 Å². The maximum atomic E-state index is 12.9. The van der Waals surface area contributed by atoms with Crippen LogP contribution in [0.15, 0.2) is 24.3 Å². The fraction of sp³-hybridized carbons (Fsp3) is 0.550. The van der Waals surface area contributed by atoms with E-state index < -0.39 is 36.1 Å². The monoisotopic (exact) mass is 412 g/mol. The van der Waals surface area contributed by atoms with E-state index in [4.69, 9.17) is 4.74 Å². The molecule has 1 aliphatic carbocycles. The van der Waals surface area contributed by atoms with Crippen molar-refractivity contribution in [2.75, 3.05) is 18.1 Å². The Morgan fingerprint density at radius 2 is 1.90 bits per heavy atom. The van der Waals surface area contributed by atoms with Gasteiger partial charge in [-0.25, -0.2) is 0 Å². The van der Waals surface area contributed by atoms with E-state index in [0.29, 0.717) is 0 Å². The summed E-state index contributed by atoms with van der Waals surface area (Å²) < 4.78 is 43.7. The lowest BCUT2D eigenvalue weighted by molar-refractivity contribution is -0.152. The molecule has 1 aromatic rings. The molecule has 9 heteroatoms. The number of ether oxygens (including phenoxy) is 1. The largest absolute Gasteiger partial charge is 0.455 e. The van der Waals surface area contributed by atoms with E-state index in [0.717, 1.165) is 49.1 Å². The number of hydrogen-bond donors (Lipinski definition) is 1. The molecule has 29 heavy (non-hydrogen) atoms. The van der Waals surface area contributed by atoms with Crippen LogP contribution in [0.3, 0.4) is 0 Å². The van der Waals surface area contributed by atoms with E-state index in [-0.39, 0.29) is 30.6 Å². The first-order valence-electron chi connectivity index (χ1n) is 9.67. The average molecular weight is 412 g/mol. The van der Waals surface area contributed by atoms with Crippen LogP contribution in [0.4, 0.5) is 18.9 Å². The summed E-state index contributed by atoms with van der Waals surface area (Å²) in [5.41, 5.74) is -0.789. The molecule has 3 rings (SSSR count). The number of nitrogens with one attached hydrogen (secondary N) is 1. The maximum Gasteiger partial charge on any atom is 0.416 e. The zero-order valence-electron chi connectivity index (χ0n) is 15.8. The summed E-state index contributed by atoms with van der Waals surface area (Å²) in [6.07, 6.45) is 0.383. The molecular formula is C20H23F3N2O4. The Balaban J connectivity index is 1.53. The average Bonchev–Trinajstić information content (AvgIpc) is 3.08. The number of benzene rings is 1. The highest BCUT2D eigenvalue weighted by Crippen LogP contribution is 2.33. The van der Waals surface area contributed by atoms with Crippen LogP contribution in [0.5, 0.6) is 0 Å². The van der Waals surface area contributed by atoms with Crippen LogP contribution in [0.1, 0.15) is 44.1 Å². The Morgan fingerprint density at radius 3 is 2.59 bits per heavy atom. The molecule has 2 aliphatic rings. The summed E-state index contributed by atoms with van der Waals surface area (Å²) in [5.74, 6) is -2.37. The smallest absolute Gasteiger partial charge is 0.416 e. The van der Waals surface area contributed by atoms with Crippen molar-refractivity contribution in [3.05, 3.63) is 29.8 Å². The van der Waals surface area contributed by atoms with Crippen LogP contribution in [0, 0.1) is 5.92 Å². The fourth-order valence-corrected chi connectivity index (χ4v) is 3.74. The van der Waals surface area contributed by atoms with Gasteiger partial charge in [0.25, 0.3) is 5.91 Å². The number of hydrogen-bond acceptors (Lipinski definition) is 4. The van der Waals surface area contributed by atoms with Gasteiger partial charge >= 0.3 is 12.1 Å². The molecule has 1 N–H and O–H groups in total. The summed E-state index contributed by atoms with van der Waals surface area (Å²) in [4.78, 5) is 37.5. The predicted molar refractivity (Wildman–Crippen MR) is 97.9 cm³/mol. The number of halogens is 3. The van der Waals surface area contributed by atoms with Crippen LogP contribution >= 0.6 is 0 Å². The molecule has 158 valence electrons. The number of carbonyl (C=O) groups excluding carboxylic acids is 3. The van der Waals surface area contributed by atoms with Gasteiger partial charge in [-0.05, 0) is 31.0 Å². The van der Waals surface area contributed by atoms with Crippen molar-refractivity contribution >= 4 is 23.5 Å². The van der Waals surface area contributed by atoms with Crippen LogP contribution in [0.2, 0.25) is 0 Å². The normalized spacial score (nSPS) is 20.6. The molecule has 1 aliphatic heterocycles. The van der Waals surface area contributed by atoms with Crippen molar-refractivity contribution in [3.63, 3.8) is 0 Å². The number of anilines is 1. The Labute approximate surface area is 166 Å². The third-order valence-electron chi connectivity index (χ3n) is 5.26.